The Balaban J connectivity index is 0.00000225. The highest BCUT2D eigenvalue weighted by atomic mass is 35.5. The van der Waals surface area contributed by atoms with Crippen molar-refractivity contribution in [1.82, 2.24) is 5.32 Å². The van der Waals surface area contributed by atoms with Gasteiger partial charge in [0.15, 0.2) is 0 Å². The highest BCUT2D eigenvalue weighted by Crippen LogP contribution is 2.51. The molecule has 0 radical (unpaired) electrons. The molecular weight excluding hydrogens is 228 g/mol. The van der Waals surface area contributed by atoms with Gasteiger partial charge in [0.1, 0.15) is 0 Å². The molecule has 1 fully saturated rings. The molecular formula is C11H23ClN2O2. The molecule has 0 bridgehead atoms. The van der Waals surface area contributed by atoms with E-state index in [1.807, 2.05) is 0 Å². The van der Waals surface area contributed by atoms with E-state index in [0.29, 0.717) is 13.0 Å². The molecule has 1 aliphatic carbocycles. The zero-order chi connectivity index (χ0) is 11.7. The minimum absolute atomic E-state index is 0. The van der Waals surface area contributed by atoms with Crippen molar-refractivity contribution in [2.75, 3.05) is 13.7 Å². The maximum atomic E-state index is 11.4. The number of ether oxygens (including phenoxy) is 1. The van der Waals surface area contributed by atoms with Crippen LogP contribution < -0.4 is 11.1 Å². The van der Waals surface area contributed by atoms with Gasteiger partial charge in [0, 0.05) is 31.5 Å². The summed E-state index contributed by atoms with van der Waals surface area (Å²) < 4.78 is 5.48. The number of nitrogens with two attached hydrogens (primary N) is 1. The van der Waals surface area contributed by atoms with Crippen LogP contribution in [-0.2, 0) is 9.53 Å². The van der Waals surface area contributed by atoms with Crippen molar-refractivity contribution in [3.05, 3.63) is 0 Å². The molecule has 0 aliphatic heterocycles. The molecule has 2 unspecified atom stereocenters. The second kappa shape index (κ2) is 5.34. The number of nitrogens with one attached hydrogen (secondary N) is 1. The Labute approximate surface area is 104 Å². The Kier molecular flexibility index (Phi) is 5.23. The lowest BCUT2D eigenvalue weighted by molar-refractivity contribution is -0.182. The third-order valence-corrected chi connectivity index (χ3v) is 3.98. The fraction of sp³-hybridized carbons (Fsp3) is 0.909. The summed E-state index contributed by atoms with van der Waals surface area (Å²) in [7, 11) is 1.72. The number of hydrogen-bond acceptors (Lipinski definition) is 3. The molecule has 0 spiro atoms. The van der Waals surface area contributed by atoms with E-state index in [1.54, 1.807) is 7.11 Å². The van der Waals surface area contributed by atoms with Crippen molar-refractivity contribution in [3.8, 4) is 0 Å². The number of carbonyl (C=O) groups excluding carboxylic acids is 1. The summed E-state index contributed by atoms with van der Waals surface area (Å²) in [5, 5.41) is 3.00. The summed E-state index contributed by atoms with van der Waals surface area (Å²) in [6.07, 6.45) is 1.27. The van der Waals surface area contributed by atoms with Gasteiger partial charge in [-0.2, -0.15) is 0 Å². The Morgan fingerprint density at radius 2 is 2.06 bits per heavy atom. The number of rotatable bonds is 4. The van der Waals surface area contributed by atoms with Gasteiger partial charge in [-0.3, -0.25) is 4.79 Å². The first-order valence-corrected chi connectivity index (χ1v) is 5.42. The standard InChI is InChI=1S/C11H22N2O2.ClH/c1-10(2)8(7-11(10,3)15-4)13-9(14)5-6-12;/h8H,5-7,12H2,1-4H3,(H,13,14);1H. The first kappa shape index (κ1) is 15.7. The van der Waals surface area contributed by atoms with Gasteiger partial charge in [-0.25, -0.2) is 0 Å². The Bertz CT molecular complexity index is 258. The number of amides is 1. The molecule has 5 heteroatoms. The average molecular weight is 251 g/mol. The van der Waals surface area contributed by atoms with Gasteiger partial charge in [0.05, 0.1) is 5.60 Å². The van der Waals surface area contributed by atoms with Gasteiger partial charge < -0.3 is 15.8 Å². The van der Waals surface area contributed by atoms with E-state index in [-0.39, 0.29) is 35.4 Å². The van der Waals surface area contributed by atoms with Crippen LogP contribution in [-0.4, -0.2) is 31.2 Å². The van der Waals surface area contributed by atoms with E-state index in [1.165, 1.54) is 0 Å². The van der Waals surface area contributed by atoms with Crippen molar-refractivity contribution in [3.63, 3.8) is 0 Å². The Morgan fingerprint density at radius 1 is 1.50 bits per heavy atom. The lowest BCUT2D eigenvalue weighted by Gasteiger charge is -2.59. The fourth-order valence-electron chi connectivity index (χ4n) is 2.12. The minimum atomic E-state index is -0.131. The van der Waals surface area contributed by atoms with Crippen LogP contribution in [0.15, 0.2) is 0 Å². The molecule has 4 nitrogen and oxygen atoms in total. The van der Waals surface area contributed by atoms with Crippen LogP contribution >= 0.6 is 12.4 Å². The van der Waals surface area contributed by atoms with Crippen LogP contribution in [0.25, 0.3) is 0 Å². The summed E-state index contributed by atoms with van der Waals surface area (Å²) in [6.45, 7) is 6.72. The number of hydrogen-bond donors (Lipinski definition) is 2. The molecule has 1 aliphatic rings. The summed E-state index contributed by atoms with van der Waals surface area (Å²) in [4.78, 5) is 11.4. The zero-order valence-corrected chi connectivity index (χ0v) is 11.3. The second-order valence-corrected chi connectivity index (χ2v) is 5.02. The summed E-state index contributed by atoms with van der Waals surface area (Å²) in [5.74, 6) is 0.0359. The summed E-state index contributed by atoms with van der Waals surface area (Å²) >= 11 is 0. The second-order valence-electron chi connectivity index (χ2n) is 5.02. The predicted molar refractivity (Wildman–Crippen MR) is 66.7 cm³/mol. The molecule has 0 saturated heterocycles. The molecule has 0 heterocycles. The maximum Gasteiger partial charge on any atom is 0.221 e. The normalized spacial score (nSPS) is 31.2. The maximum absolute atomic E-state index is 11.4. The van der Waals surface area contributed by atoms with Crippen LogP contribution in [0.5, 0.6) is 0 Å². The van der Waals surface area contributed by atoms with E-state index in [9.17, 15) is 4.79 Å². The van der Waals surface area contributed by atoms with Crippen LogP contribution in [0.2, 0.25) is 0 Å². The van der Waals surface area contributed by atoms with Crippen LogP contribution in [0, 0.1) is 5.41 Å². The molecule has 0 aromatic heterocycles. The van der Waals surface area contributed by atoms with Crippen molar-refractivity contribution in [2.45, 2.75) is 45.3 Å². The molecule has 1 rings (SSSR count). The third kappa shape index (κ3) is 2.50. The summed E-state index contributed by atoms with van der Waals surface area (Å²) in [5.41, 5.74) is 5.17. The largest absolute Gasteiger partial charge is 0.378 e. The number of halogens is 1. The predicted octanol–water partition coefficient (Wildman–Crippen LogP) is 1.08. The van der Waals surface area contributed by atoms with Gasteiger partial charge in [0.25, 0.3) is 0 Å². The van der Waals surface area contributed by atoms with Gasteiger partial charge in [-0.1, -0.05) is 13.8 Å². The molecule has 3 N–H and O–H groups in total. The molecule has 16 heavy (non-hydrogen) atoms. The Morgan fingerprint density at radius 3 is 2.44 bits per heavy atom. The lowest BCUT2D eigenvalue weighted by atomic mass is 9.56. The highest BCUT2D eigenvalue weighted by molar-refractivity contribution is 5.85. The Hall–Kier alpha value is -0.320. The van der Waals surface area contributed by atoms with E-state index < -0.39 is 0 Å². The number of methoxy groups -OCH3 is 1. The first-order chi connectivity index (χ1) is 6.87. The third-order valence-electron chi connectivity index (χ3n) is 3.98. The van der Waals surface area contributed by atoms with E-state index in [0.717, 1.165) is 6.42 Å². The minimum Gasteiger partial charge on any atom is -0.378 e. The quantitative estimate of drug-likeness (QED) is 0.785. The van der Waals surface area contributed by atoms with Crippen molar-refractivity contribution < 1.29 is 9.53 Å². The first-order valence-electron chi connectivity index (χ1n) is 5.42. The molecule has 96 valence electrons. The smallest absolute Gasteiger partial charge is 0.221 e. The zero-order valence-electron chi connectivity index (χ0n) is 10.5. The fourth-order valence-corrected chi connectivity index (χ4v) is 2.12. The van der Waals surface area contributed by atoms with Crippen molar-refractivity contribution in [1.29, 1.82) is 0 Å². The van der Waals surface area contributed by atoms with E-state index in [2.05, 4.69) is 26.1 Å². The van der Waals surface area contributed by atoms with E-state index in [4.69, 9.17) is 10.5 Å². The van der Waals surface area contributed by atoms with E-state index >= 15 is 0 Å². The molecule has 0 aromatic rings. The summed E-state index contributed by atoms with van der Waals surface area (Å²) in [6, 6.07) is 0.196. The van der Waals surface area contributed by atoms with Gasteiger partial charge in [-0.15, -0.1) is 12.4 Å². The van der Waals surface area contributed by atoms with Crippen molar-refractivity contribution in [2.24, 2.45) is 11.1 Å². The van der Waals surface area contributed by atoms with Crippen molar-refractivity contribution >= 4 is 18.3 Å². The highest BCUT2D eigenvalue weighted by Gasteiger charge is 2.58. The van der Waals surface area contributed by atoms with Crippen LogP contribution in [0.3, 0.4) is 0 Å². The lowest BCUT2D eigenvalue weighted by Crippen LogP contribution is -2.68. The SMILES string of the molecule is COC1(C)CC(NC(=O)CCN)C1(C)C.Cl. The monoisotopic (exact) mass is 250 g/mol. The molecule has 0 aromatic carbocycles. The topological polar surface area (TPSA) is 64.3 Å². The van der Waals surface area contributed by atoms with Gasteiger partial charge in [0.2, 0.25) is 5.91 Å². The average Bonchev–Trinajstić information content (AvgIpc) is 2.17. The van der Waals surface area contributed by atoms with Gasteiger partial charge in [-0.05, 0) is 13.3 Å². The van der Waals surface area contributed by atoms with Crippen LogP contribution in [0.4, 0.5) is 0 Å². The van der Waals surface area contributed by atoms with Gasteiger partial charge >= 0.3 is 0 Å². The number of carbonyl (C=O) groups is 1. The van der Waals surface area contributed by atoms with Crippen LogP contribution in [0.1, 0.15) is 33.6 Å². The molecule has 1 saturated carbocycles. The molecule has 2 atom stereocenters. The molecule has 1 amide bonds.